The van der Waals surface area contributed by atoms with Gasteiger partial charge in [0.2, 0.25) is 0 Å². The van der Waals surface area contributed by atoms with Crippen LogP contribution in [-0.2, 0) is 6.61 Å². The highest BCUT2D eigenvalue weighted by molar-refractivity contribution is 5.46. The number of hydrogen-bond donors (Lipinski definition) is 1. The third-order valence-corrected chi connectivity index (χ3v) is 3.07. The summed E-state index contributed by atoms with van der Waals surface area (Å²) in [5.41, 5.74) is 0.773. The van der Waals surface area contributed by atoms with E-state index >= 15 is 0 Å². The topological polar surface area (TPSA) is 38.7 Å². The Balaban J connectivity index is 2.80. The van der Waals surface area contributed by atoms with E-state index in [2.05, 4.69) is 13.8 Å². The molecule has 3 heteroatoms. The fraction of sp³-hybridized carbons (Fsp3) is 0.571. The SMILES string of the molecule is CCC(CC)COc1c(CO)cccc1OC. The number of aliphatic hydroxyl groups is 1. The van der Waals surface area contributed by atoms with Crippen molar-refractivity contribution in [3.8, 4) is 11.5 Å². The van der Waals surface area contributed by atoms with Crippen molar-refractivity contribution in [2.75, 3.05) is 13.7 Å². The minimum atomic E-state index is -0.0323. The summed E-state index contributed by atoms with van der Waals surface area (Å²) in [7, 11) is 1.61. The van der Waals surface area contributed by atoms with E-state index in [0.717, 1.165) is 18.4 Å². The molecule has 1 rings (SSSR count). The van der Waals surface area contributed by atoms with Crippen LogP contribution in [-0.4, -0.2) is 18.8 Å². The minimum absolute atomic E-state index is 0.0323. The molecular weight excluding hydrogens is 216 g/mol. The lowest BCUT2D eigenvalue weighted by Crippen LogP contribution is -2.11. The highest BCUT2D eigenvalue weighted by atomic mass is 16.5. The zero-order chi connectivity index (χ0) is 12.7. The van der Waals surface area contributed by atoms with Crippen molar-refractivity contribution >= 4 is 0 Å². The van der Waals surface area contributed by atoms with Crippen LogP contribution in [0.3, 0.4) is 0 Å². The van der Waals surface area contributed by atoms with Crippen LogP contribution in [0.4, 0.5) is 0 Å². The van der Waals surface area contributed by atoms with E-state index in [1.54, 1.807) is 7.11 Å². The van der Waals surface area contributed by atoms with E-state index in [1.807, 2.05) is 18.2 Å². The van der Waals surface area contributed by atoms with Crippen molar-refractivity contribution in [2.45, 2.75) is 33.3 Å². The maximum absolute atomic E-state index is 9.28. The van der Waals surface area contributed by atoms with Gasteiger partial charge in [-0.05, 0) is 12.0 Å². The van der Waals surface area contributed by atoms with Crippen LogP contribution < -0.4 is 9.47 Å². The van der Waals surface area contributed by atoms with Crippen LogP contribution >= 0.6 is 0 Å². The number of methoxy groups -OCH3 is 1. The third kappa shape index (κ3) is 3.63. The van der Waals surface area contributed by atoms with E-state index in [9.17, 15) is 5.11 Å². The molecular formula is C14H22O3. The van der Waals surface area contributed by atoms with Gasteiger partial charge in [0.1, 0.15) is 0 Å². The van der Waals surface area contributed by atoms with Crippen LogP contribution in [0.15, 0.2) is 18.2 Å². The van der Waals surface area contributed by atoms with Gasteiger partial charge in [0.05, 0.1) is 20.3 Å². The summed E-state index contributed by atoms with van der Waals surface area (Å²) >= 11 is 0. The van der Waals surface area contributed by atoms with Crippen molar-refractivity contribution in [1.82, 2.24) is 0 Å². The molecule has 0 fully saturated rings. The zero-order valence-corrected chi connectivity index (χ0v) is 10.9. The summed E-state index contributed by atoms with van der Waals surface area (Å²) < 4.78 is 11.1. The first-order chi connectivity index (χ1) is 8.26. The summed E-state index contributed by atoms with van der Waals surface area (Å²) in [5.74, 6) is 1.90. The Bertz CT molecular complexity index is 310. The molecule has 0 radical (unpaired) electrons. The number of ether oxygens (including phenoxy) is 2. The highest BCUT2D eigenvalue weighted by Gasteiger charge is 2.12. The molecule has 1 aromatic carbocycles. The van der Waals surface area contributed by atoms with Gasteiger partial charge >= 0.3 is 0 Å². The minimum Gasteiger partial charge on any atom is -0.493 e. The maximum atomic E-state index is 9.28. The molecule has 1 N–H and O–H groups in total. The predicted octanol–water partition coefficient (Wildman–Crippen LogP) is 3.00. The Morgan fingerprint density at radius 2 is 1.94 bits per heavy atom. The summed E-state index contributed by atoms with van der Waals surface area (Å²) in [4.78, 5) is 0. The molecule has 3 nitrogen and oxygen atoms in total. The monoisotopic (exact) mass is 238 g/mol. The van der Waals surface area contributed by atoms with Crippen LogP contribution in [0.2, 0.25) is 0 Å². The summed E-state index contributed by atoms with van der Waals surface area (Å²) in [6, 6.07) is 5.56. The quantitative estimate of drug-likeness (QED) is 0.793. The van der Waals surface area contributed by atoms with Gasteiger partial charge in [-0.3, -0.25) is 0 Å². The number of benzene rings is 1. The molecule has 0 bridgehead atoms. The van der Waals surface area contributed by atoms with Crippen LogP contribution in [0.1, 0.15) is 32.3 Å². The van der Waals surface area contributed by atoms with Gasteiger partial charge < -0.3 is 14.6 Å². The van der Waals surface area contributed by atoms with Gasteiger partial charge in [0.15, 0.2) is 11.5 Å². The molecule has 17 heavy (non-hydrogen) atoms. The lowest BCUT2D eigenvalue weighted by molar-refractivity contribution is 0.217. The molecule has 96 valence electrons. The van der Waals surface area contributed by atoms with Crippen molar-refractivity contribution in [2.24, 2.45) is 5.92 Å². The molecule has 0 saturated carbocycles. The summed E-state index contributed by atoms with van der Waals surface area (Å²) in [5, 5.41) is 9.28. The molecule has 0 spiro atoms. The molecule has 0 heterocycles. The largest absolute Gasteiger partial charge is 0.493 e. The maximum Gasteiger partial charge on any atom is 0.166 e. The van der Waals surface area contributed by atoms with Crippen LogP contribution in [0.25, 0.3) is 0 Å². The van der Waals surface area contributed by atoms with E-state index in [1.165, 1.54) is 0 Å². The highest BCUT2D eigenvalue weighted by Crippen LogP contribution is 2.31. The molecule has 0 atom stereocenters. The van der Waals surface area contributed by atoms with Gasteiger partial charge in [0, 0.05) is 5.56 Å². The molecule has 0 amide bonds. The Hall–Kier alpha value is -1.22. The Morgan fingerprint density at radius 1 is 1.24 bits per heavy atom. The second kappa shape index (κ2) is 7.17. The fourth-order valence-corrected chi connectivity index (χ4v) is 1.74. The first kappa shape index (κ1) is 13.8. The second-order valence-corrected chi connectivity index (χ2v) is 4.10. The van der Waals surface area contributed by atoms with Gasteiger partial charge in [-0.2, -0.15) is 0 Å². The lowest BCUT2D eigenvalue weighted by atomic mass is 10.1. The summed E-state index contributed by atoms with van der Waals surface area (Å²) in [6.45, 7) is 4.95. The first-order valence-electron chi connectivity index (χ1n) is 6.16. The normalized spacial score (nSPS) is 10.6. The lowest BCUT2D eigenvalue weighted by Gasteiger charge is -2.17. The number of rotatable bonds is 7. The van der Waals surface area contributed by atoms with E-state index in [0.29, 0.717) is 24.0 Å². The third-order valence-electron chi connectivity index (χ3n) is 3.07. The number of aliphatic hydroxyl groups excluding tert-OH is 1. The smallest absolute Gasteiger partial charge is 0.166 e. The average molecular weight is 238 g/mol. The Morgan fingerprint density at radius 3 is 2.47 bits per heavy atom. The van der Waals surface area contributed by atoms with Crippen molar-refractivity contribution in [3.63, 3.8) is 0 Å². The van der Waals surface area contributed by atoms with E-state index in [4.69, 9.17) is 9.47 Å². The van der Waals surface area contributed by atoms with E-state index < -0.39 is 0 Å². The second-order valence-electron chi connectivity index (χ2n) is 4.10. The Labute approximate surface area is 103 Å². The van der Waals surface area contributed by atoms with Gasteiger partial charge in [-0.15, -0.1) is 0 Å². The predicted molar refractivity (Wildman–Crippen MR) is 68.5 cm³/mol. The number of hydrogen-bond acceptors (Lipinski definition) is 3. The molecule has 0 aliphatic rings. The first-order valence-corrected chi connectivity index (χ1v) is 6.16. The van der Waals surface area contributed by atoms with Crippen LogP contribution in [0, 0.1) is 5.92 Å². The van der Waals surface area contributed by atoms with Crippen molar-refractivity contribution < 1.29 is 14.6 Å². The zero-order valence-electron chi connectivity index (χ0n) is 10.9. The van der Waals surface area contributed by atoms with E-state index in [-0.39, 0.29) is 6.61 Å². The molecule has 0 unspecified atom stereocenters. The van der Waals surface area contributed by atoms with Crippen LogP contribution in [0.5, 0.6) is 11.5 Å². The van der Waals surface area contributed by atoms with Gasteiger partial charge in [0.25, 0.3) is 0 Å². The molecule has 0 saturated heterocycles. The molecule has 0 aromatic heterocycles. The standard InChI is InChI=1S/C14H22O3/c1-4-11(5-2)10-17-14-12(9-15)7-6-8-13(14)16-3/h6-8,11,15H,4-5,9-10H2,1-3H3. The average Bonchev–Trinajstić information content (AvgIpc) is 2.39. The molecule has 0 aliphatic carbocycles. The van der Waals surface area contributed by atoms with Crippen molar-refractivity contribution in [3.05, 3.63) is 23.8 Å². The molecule has 0 aliphatic heterocycles. The number of para-hydroxylation sites is 1. The summed E-state index contributed by atoms with van der Waals surface area (Å²) in [6.07, 6.45) is 2.19. The molecule has 1 aromatic rings. The Kier molecular flexibility index (Phi) is 5.84. The van der Waals surface area contributed by atoms with Gasteiger partial charge in [-0.25, -0.2) is 0 Å². The van der Waals surface area contributed by atoms with Crippen molar-refractivity contribution in [1.29, 1.82) is 0 Å². The van der Waals surface area contributed by atoms with Gasteiger partial charge in [-0.1, -0.05) is 38.8 Å². The fourth-order valence-electron chi connectivity index (χ4n) is 1.74.